The van der Waals surface area contributed by atoms with E-state index in [0.717, 1.165) is 24.2 Å². The Morgan fingerprint density at radius 3 is 2.94 bits per heavy atom. The Hall–Kier alpha value is -0.580. The minimum Gasteiger partial charge on any atom is -0.375 e. The highest BCUT2D eigenvalue weighted by Crippen LogP contribution is 2.29. The van der Waals surface area contributed by atoms with Gasteiger partial charge in [-0.25, -0.2) is 0 Å². The number of benzene rings is 1. The standard InChI is InChI=1S/C14H21BrN2O/c1-10-9-18-11(2)8-17(10)14-6-13(15)5-4-12(14)7-16-3/h4-6,10-11,16H,7-9H2,1-3H3. The van der Waals surface area contributed by atoms with Gasteiger partial charge in [0.05, 0.1) is 12.7 Å². The van der Waals surface area contributed by atoms with Crippen molar-refractivity contribution in [1.82, 2.24) is 5.32 Å². The predicted octanol–water partition coefficient (Wildman–Crippen LogP) is 2.78. The van der Waals surface area contributed by atoms with Crippen molar-refractivity contribution in [3.63, 3.8) is 0 Å². The minimum atomic E-state index is 0.294. The van der Waals surface area contributed by atoms with Gasteiger partial charge in [0.1, 0.15) is 0 Å². The molecule has 2 rings (SSSR count). The van der Waals surface area contributed by atoms with Crippen LogP contribution in [-0.4, -0.2) is 32.3 Å². The van der Waals surface area contributed by atoms with Crippen LogP contribution < -0.4 is 10.2 Å². The number of ether oxygens (including phenoxy) is 1. The van der Waals surface area contributed by atoms with Gasteiger partial charge in [0.25, 0.3) is 0 Å². The molecule has 1 aromatic rings. The van der Waals surface area contributed by atoms with Crippen LogP contribution >= 0.6 is 15.9 Å². The SMILES string of the molecule is CNCc1ccc(Br)cc1N1CC(C)OCC1C. The molecule has 1 heterocycles. The van der Waals surface area contributed by atoms with Gasteiger partial charge in [-0.2, -0.15) is 0 Å². The van der Waals surface area contributed by atoms with E-state index in [1.165, 1.54) is 11.3 Å². The third kappa shape index (κ3) is 3.05. The van der Waals surface area contributed by atoms with Gasteiger partial charge in [-0.1, -0.05) is 22.0 Å². The fourth-order valence-electron chi connectivity index (χ4n) is 2.38. The lowest BCUT2D eigenvalue weighted by atomic mass is 10.1. The van der Waals surface area contributed by atoms with Crippen molar-refractivity contribution in [2.75, 3.05) is 25.1 Å². The molecular formula is C14H21BrN2O. The van der Waals surface area contributed by atoms with Crippen LogP contribution in [0.15, 0.2) is 22.7 Å². The molecule has 18 heavy (non-hydrogen) atoms. The van der Waals surface area contributed by atoms with E-state index in [0.29, 0.717) is 12.1 Å². The quantitative estimate of drug-likeness (QED) is 0.929. The van der Waals surface area contributed by atoms with Crippen LogP contribution in [0.3, 0.4) is 0 Å². The zero-order chi connectivity index (χ0) is 13.1. The molecule has 4 heteroatoms. The van der Waals surface area contributed by atoms with Crippen molar-refractivity contribution in [2.45, 2.75) is 32.5 Å². The van der Waals surface area contributed by atoms with E-state index >= 15 is 0 Å². The van der Waals surface area contributed by atoms with Gasteiger partial charge in [0.2, 0.25) is 0 Å². The summed E-state index contributed by atoms with van der Waals surface area (Å²) in [7, 11) is 1.98. The van der Waals surface area contributed by atoms with Crippen molar-refractivity contribution in [2.24, 2.45) is 0 Å². The Morgan fingerprint density at radius 1 is 1.44 bits per heavy atom. The molecule has 2 atom stereocenters. The fraction of sp³-hybridized carbons (Fsp3) is 0.571. The Morgan fingerprint density at radius 2 is 2.22 bits per heavy atom. The molecule has 1 N–H and O–H groups in total. The first-order chi connectivity index (χ1) is 8.61. The third-order valence-electron chi connectivity index (χ3n) is 3.33. The number of hydrogen-bond donors (Lipinski definition) is 1. The number of nitrogens with one attached hydrogen (secondary N) is 1. The maximum absolute atomic E-state index is 5.70. The highest BCUT2D eigenvalue weighted by molar-refractivity contribution is 9.10. The topological polar surface area (TPSA) is 24.5 Å². The number of nitrogens with zero attached hydrogens (tertiary/aromatic N) is 1. The van der Waals surface area contributed by atoms with Gasteiger partial charge >= 0.3 is 0 Å². The molecule has 0 aromatic heterocycles. The van der Waals surface area contributed by atoms with Crippen LogP contribution in [0.4, 0.5) is 5.69 Å². The van der Waals surface area contributed by atoms with Crippen molar-refractivity contribution < 1.29 is 4.74 Å². The maximum atomic E-state index is 5.70. The van der Waals surface area contributed by atoms with Crippen LogP contribution in [0, 0.1) is 0 Å². The number of halogens is 1. The van der Waals surface area contributed by atoms with Crippen LogP contribution in [-0.2, 0) is 11.3 Å². The van der Waals surface area contributed by atoms with Crippen molar-refractivity contribution in [3.8, 4) is 0 Å². The number of morpholine rings is 1. The molecule has 1 fully saturated rings. The van der Waals surface area contributed by atoms with E-state index in [1.807, 2.05) is 7.05 Å². The summed E-state index contributed by atoms with van der Waals surface area (Å²) in [5.41, 5.74) is 2.64. The van der Waals surface area contributed by atoms with Gasteiger partial charge in [0, 0.05) is 29.3 Å². The zero-order valence-corrected chi connectivity index (χ0v) is 12.8. The number of hydrogen-bond acceptors (Lipinski definition) is 3. The van der Waals surface area contributed by atoms with Gasteiger partial charge < -0.3 is 15.0 Å². The zero-order valence-electron chi connectivity index (χ0n) is 11.2. The lowest BCUT2D eigenvalue weighted by molar-refractivity contribution is 0.0343. The second kappa shape index (κ2) is 6.04. The summed E-state index contributed by atoms with van der Waals surface area (Å²) in [6.45, 7) is 6.99. The second-order valence-corrected chi connectivity index (χ2v) is 5.86. The average molecular weight is 313 g/mol. The lowest BCUT2D eigenvalue weighted by Gasteiger charge is -2.39. The Bertz CT molecular complexity index is 411. The van der Waals surface area contributed by atoms with Crippen molar-refractivity contribution in [1.29, 1.82) is 0 Å². The van der Waals surface area contributed by atoms with E-state index < -0.39 is 0 Å². The third-order valence-corrected chi connectivity index (χ3v) is 3.83. The molecule has 100 valence electrons. The molecule has 1 aliphatic rings. The molecule has 0 bridgehead atoms. The first-order valence-electron chi connectivity index (χ1n) is 6.43. The summed E-state index contributed by atoms with van der Waals surface area (Å²) >= 11 is 3.57. The van der Waals surface area contributed by atoms with Crippen LogP contribution in [0.25, 0.3) is 0 Å². The molecule has 0 amide bonds. The van der Waals surface area contributed by atoms with E-state index in [9.17, 15) is 0 Å². The lowest BCUT2D eigenvalue weighted by Crippen LogP contribution is -2.47. The Kier molecular flexibility index (Phi) is 4.65. The molecule has 0 aliphatic carbocycles. The summed E-state index contributed by atoms with van der Waals surface area (Å²) in [6, 6.07) is 6.92. The first-order valence-corrected chi connectivity index (χ1v) is 7.22. The molecule has 0 saturated carbocycles. The highest BCUT2D eigenvalue weighted by atomic mass is 79.9. The fourth-order valence-corrected chi connectivity index (χ4v) is 2.73. The van der Waals surface area contributed by atoms with E-state index in [4.69, 9.17) is 4.74 Å². The van der Waals surface area contributed by atoms with Crippen LogP contribution in [0.1, 0.15) is 19.4 Å². The Balaban J connectivity index is 2.32. The van der Waals surface area contributed by atoms with Gasteiger partial charge in [0.15, 0.2) is 0 Å². The summed E-state index contributed by atoms with van der Waals surface area (Å²) < 4.78 is 6.83. The van der Waals surface area contributed by atoms with Gasteiger partial charge in [-0.05, 0) is 38.6 Å². The molecule has 0 spiro atoms. The van der Waals surface area contributed by atoms with Crippen molar-refractivity contribution >= 4 is 21.6 Å². The Labute approximate surface area is 118 Å². The van der Waals surface area contributed by atoms with Crippen LogP contribution in [0.2, 0.25) is 0 Å². The van der Waals surface area contributed by atoms with E-state index in [-0.39, 0.29) is 0 Å². The minimum absolute atomic E-state index is 0.294. The summed E-state index contributed by atoms with van der Waals surface area (Å²) in [6.07, 6.45) is 0.294. The average Bonchev–Trinajstić information content (AvgIpc) is 2.35. The van der Waals surface area contributed by atoms with Crippen molar-refractivity contribution in [3.05, 3.63) is 28.2 Å². The smallest absolute Gasteiger partial charge is 0.0723 e. The summed E-state index contributed by atoms with van der Waals surface area (Å²) in [5.74, 6) is 0. The molecule has 3 nitrogen and oxygen atoms in total. The summed E-state index contributed by atoms with van der Waals surface area (Å²) in [4.78, 5) is 2.45. The molecule has 0 radical (unpaired) electrons. The highest BCUT2D eigenvalue weighted by Gasteiger charge is 2.25. The normalized spacial score (nSPS) is 24.3. The second-order valence-electron chi connectivity index (χ2n) is 4.95. The van der Waals surface area contributed by atoms with Gasteiger partial charge in [-0.3, -0.25) is 0 Å². The number of anilines is 1. The molecule has 1 saturated heterocycles. The van der Waals surface area contributed by atoms with Crippen LogP contribution in [0.5, 0.6) is 0 Å². The number of rotatable bonds is 3. The molecule has 1 aromatic carbocycles. The molecular weight excluding hydrogens is 292 g/mol. The van der Waals surface area contributed by atoms with Gasteiger partial charge in [-0.15, -0.1) is 0 Å². The van der Waals surface area contributed by atoms with E-state index in [1.54, 1.807) is 0 Å². The first kappa shape index (κ1) is 13.8. The largest absolute Gasteiger partial charge is 0.375 e. The molecule has 2 unspecified atom stereocenters. The monoisotopic (exact) mass is 312 g/mol. The maximum Gasteiger partial charge on any atom is 0.0723 e. The molecule has 1 aliphatic heterocycles. The predicted molar refractivity (Wildman–Crippen MR) is 79.1 cm³/mol. The summed E-state index contributed by atoms with van der Waals surface area (Å²) in [5, 5.41) is 3.24. The van der Waals surface area contributed by atoms with E-state index in [2.05, 4.69) is 58.2 Å².